The summed E-state index contributed by atoms with van der Waals surface area (Å²) >= 11 is 1.62. The normalized spacial score (nSPS) is 12.2. The second-order valence-corrected chi connectivity index (χ2v) is 5.57. The Morgan fingerprint density at radius 3 is 2.86 bits per heavy atom. The molecule has 0 aliphatic rings. The highest BCUT2D eigenvalue weighted by Gasteiger charge is 2.16. The van der Waals surface area contributed by atoms with Crippen LogP contribution >= 0.6 is 11.3 Å². The molecular weight excluding hydrogens is 284 g/mol. The molecule has 4 nitrogen and oxygen atoms in total. The van der Waals surface area contributed by atoms with Gasteiger partial charge in [-0.3, -0.25) is 4.98 Å². The number of hydrogen-bond acceptors (Lipinski definition) is 4. The fourth-order valence-electron chi connectivity index (χ4n) is 2.28. The number of nitrogens with zero attached hydrogens (tertiary/aromatic N) is 1. The first-order chi connectivity index (χ1) is 10.2. The van der Waals surface area contributed by atoms with Crippen LogP contribution < -0.4 is 5.32 Å². The molecular formula is C16H14N2O2S. The van der Waals surface area contributed by atoms with Crippen molar-refractivity contribution in [1.29, 1.82) is 0 Å². The van der Waals surface area contributed by atoms with E-state index in [1.165, 1.54) is 6.20 Å². The summed E-state index contributed by atoms with van der Waals surface area (Å²) in [4.78, 5) is 15.7. The van der Waals surface area contributed by atoms with E-state index in [9.17, 15) is 9.90 Å². The third kappa shape index (κ3) is 2.60. The summed E-state index contributed by atoms with van der Waals surface area (Å²) in [6, 6.07) is 9.60. The lowest BCUT2D eigenvalue weighted by Gasteiger charge is -2.17. The van der Waals surface area contributed by atoms with Gasteiger partial charge in [-0.15, -0.1) is 0 Å². The molecule has 21 heavy (non-hydrogen) atoms. The number of hydrogen-bond donors (Lipinski definition) is 2. The van der Waals surface area contributed by atoms with E-state index in [-0.39, 0.29) is 11.6 Å². The summed E-state index contributed by atoms with van der Waals surface area (Å²) < 4.78 is 0. The van der Waals surface area contributed by atoms with Crippen LogP contribution in [0.2, 0.25) is 0 Å². The van der Waals surface area contributed by atoms with Crippen LogP contribution in [0.5, 0.6) is 0 Å². The Morgan fingerprint density at radius 2 is 2.14 bits per heavy atom. The van der Waals surface area contributed by atoms with Crippen LogP contribution in [0, 0.1) is 0 Å². The molecule has 106 valence electrons. The van der Waals surface area contributed by atoms with Crippen LogP contribution in [0.15, 0.2) is 47.3 Å². The number of pyridine rings is 1. The second-order valence-electron chi connectivity index (χ2n) is 4.79. The topological polar surface area (TPSA) is 62.2 Å². The van der Waals surface area contributed by atoms with E-state index < -0.39 is 5.97 Å². The molecule has 0 saturated heterocycles. The summed E-state index contributed by atoms with van der Waals surface area (Å²) in [5, 5.41) is 17.6. The van der Waals surface area contributed by atoms with Gasteiger partial charge < -0.3 is 10.4 Å². The van der Waals surface area contributed by atoms with Crippen LogP contribution in [0.3, 0.4) is 0 Å². The minimum Gasteiger partial charge on any atom is -0.478 e. The molecule has 0 radical (unpaired) electrons. The molecule has 0 spiro atoms. The molecule has 3 rings (SSSR count). The third-order valence-electron chi connectivity index (χ3n) is 3.41. The van der Waals surface area contributed by atoms with Crippen molar-refractivity contribution in [1.82, 2.24) is 4.98 Å². The van der Waals surface area contributed by atoms with Gasteiger partial charge in [0.1, 0.15) is 5.56 Å². The molecule has 1 unspecified atom stereocenters. The molecule has 0 saturated carbocycles. The quantitative estimate of drug-likeness (QED) is 0.759. The smallest absolute Gasteiger partial charge is 0.339 e. The van der Waals surface area contributed by atoms with E-state index >= 15 is 0 Å². The van der Waals surface area contributed by atoms with Crippen molar-refractivity contribution in [3.05, 3.63) is 58.4 Å². The summed E-state index contributed by atoms with van der Waals surface area (Å²) in [6.07, 6.45) is 1.41. The Hall–Kier alpha value is -2.40. The van der Waals surface area contributed by atoms with Gasteiger partial charge in [-0.2, -0.15) is 11.3 Å². The number of benzene rings is 1. The fraction of sp³-hybridized carbons (Fsp3) is 0.125. The Labute approximate surface area is 126 Å². The van der Waals surface area contributed by atoms with Crippen LogP contribution in [-0.4, -0.2) is 16.1 Å². The molecule has 0 fully saturated rings. The van der Waals surface area contributed by atoms with E-state index in [4.69, 9.17) is 0 Å². The van der Waals surface area contributed by atoms with Crippen LogP contribution in [0.1, 0.15) is 28.9 Å². The highest BCUT2D eigenvalue weighted by atomic mass is 32.1. The van der Waals surface area contributed by atoms with Crippen molar-refractivity contribution in [3.8, 4) is 0 Å². The van der Waals surface area contributed by atoms with Gasteiger partial charge in [0.15, 0.2) is 0 Å². The number of carboxylic acid groups (broad SMARTS) is 1. The minimum atomic E-state index is -0.978. The van der Waals surface area contributed by atoms with Gasteiger partial charge in [0.2, 0.25) is 0 Å². The van der Waals surface area contributed by atoms with Crippen LogP contribution in [0.4, 0.5) is 5.69 Å². The predicted octanol–water partition coefficient (Wildman–Crippen LogP) is 4.17. The number of carboxylic acids is 1. The minimum absolute atomic E-state index is 0.0279. The molecule has 0 amide bonds. The van der Waals surface area contributed by atoms with Crippen molar-refractivity contribution in [2.75, 3.05) is 5.32 Å². The molecule has 0 bridgehead atoms. The highest BCUT2D eigenvalue weighted by Crippen LogP contribution is 2.30. The summed E-state index contributed by atoms with van der Waals surface area (Å²) in [7, 11) is 0. The van der Waals surface area contributed by atoms with E-state index in [1.54, 1.807) is 11.3 Å². The Kier molecular flexibility index (Phi) is 3.58. The van der Waals surface area contributed by atoms with Gasteiger partial charge in [0.25, 0.3) is 0 Å². The first kappa shape index (κ1) is 13.6. The van der Waals surface area contributed by atoms with Gasteiger partial charge in [0, 0.05) is 17.6 Å². The molecule has 0 aliphatic heterocycles. The summed E-state index contributed by atoms with van der Waals surface area (Å²) in [5.74, 6) is -0.978. The third-order valence-corrected chi connectivity index (χ3v) is 4.11. The first-order valence-corrected chi connectivity index (χ1v) is 7.51. The number of carbonyl (C=O) groups is 1. The lowest BCUT2D eigenvalue weighted by atomic mass is 10.1. The maximum atomic E-state index is 11.5. The zero-order valence-corrected chi connectivity index (χ0v) is 12.2. The van der Waals surface area contributed by atoms with Crippen molar-refractivity contribution in [3.63, 3.8) is 0 Å². The predicted molar refractivity (Wildman–Crippen MR) is 85.1 cm³/mol. The van der Waals surface area contributed by atoms with Crippen LogP contribution in [-0.2, 0) is 0 Å². The van der Waals surface area contributed by atoms with Gasteiger partial charge in [-0.25, -0.2) is 4.79 Å². The summed E-state index contributed by atoms with van der Waals surface area (Å²) in [5.41, 5.74) is 2.72. The zero-order valence-electron chi connectivity index (χ0n) is 11.4. The maximum Gasteiger partial charge on any atom is 0.339 e. The number of anilines is 1. The number of para-hydroxylation sites is 1. The lowest BCUT2D eigenvalue weighted by Crippen LogP contribution is -2.11. The fourth-order valence-corrected chi connectivity index (χ4v) is 3.03. The van der Waals surface area contributed by atoms with Crippen molar-refractivity contribution in [2.24, 2.45) is 0 Å². The molecule has 5 heteroatoms. The molecule has 0 aliphatic carbocycles. The molecule has 2 N–H and O–H groups in total. The number of aromatic carboxylic acids is 1. The number of thiophene rings is 1. The van der Waals surface area contributed by atoms with Gasteiger partial charge in [-0.05, 0) is 35.4 Å². The van der Waals surface area contributed by atoms with E-state index in [0.29, 0.717) is 5.69 Å². The Morgan fingerprint density at radius 1 is 1.33 bits per heavy atom. The average Bonchev–Trinajstić information content (AvgIpc) is 3.01. The SMILES string of the molecule is CC(Nc1c(C(=O)O)cnc2ccccc12)c1ccsc1. The monoisotopic (exact) mass is 298 g/mol. The number of aromatic nitrogens is 1. The van der Waals surface area contributed by atoms with E-state index in [0.717, 1.165) is 16.5 Å². The van der Waals surface area contributed by atoms with Gasteiger partial charge >= 0.3 is 5.97 Å². The molecule has 2 aromatic heterocycles. The summed E-state index contributed by atoms with van der Waals surface area (Å²) in [6.45, 7) is 2.02. The van der Waals surface area contributed by atoms with Crippen LogP contribution in [0.25, 0.3) is 10.9 Å². The van der Waals surface area contributed by atoms with Gasteiger partial charge in [-0.1, -0.05) is 18.2 Å². The molecule has 1 atom stereocenters. The van der Waals surface area contributed by atoms with Crippen molar-refractivity contribution in [2.45, 2.75) is 13.0 Å². The number of fused-ring (bicyclic) bond motifs is 1. The molecule has 2 heterocycles. The van der Waals surface area contributed by atoms with Crippen molar-refractivity contribution >= 4 is 33.9 Å². The number of nitrogens with one attached hydrogen (secondary N) is 1. The second kappa shape index (κ2) is 5.54. The Bertz CT molecular complexity index is 784. The largest absolute Gasteiger partial charge is 0.478 e. The average molecular weight is 298 g/mol. The standard InChI is InChI=1S/C16H14N2O2S/c1-10(11-6-7-21-9-11)18-15-12-4-2-3-5-14(12)17-8-13(15)16(19)20/h2-10H,1H3,(H,17,18)(H,19,20). The Balaban J connectivity index is 2.10. The first-order valence-electron chi connectivity index (χ1n) is 6.56. The molecule has 3 aromatic rings. The van der Waals surface area contributed by atoms with Gasteiger partial charge in [0.05, 0.1) is 11.2 Å². The van der Waals surface area contributed by atoms with E-state index in [2.05, 4.69) is 15.7 Å². The van der Waals surface area contributed by atoms with E-state index in [1.807, 2.05) is 42.6 Å². The van der Waals surface area contributed by atoms with Crippen molar-refractivity contribution < 1.29 is 9.90 Å². The molecule has 1 aromatic carbocycles. The lowest BCUT2D eigenvalue weighted by molar-refractivity contribution is 0.0697. The highest BCUT2D eigenvalue weighted by molar-refractivity contribution is 7.08. The zero-order chi connectivity index (χ0) is 14.8. The number of rotatable bonds is 4. The maximum absolute atomic E-state index is 11.5.